The summed E-state index contributed by atoms with van der Waals surface area (Å²) in [4.78, 5) is 0. The van der Waals surface area contributed by atoms with Crippen LogP contribution in [-0.4, -0.2) is 16.7 Å². The number of hydrogen-bond acceptors (Lipinski definition) is 2. The molecule has 0 amide bonds. The third-order valence-electron chi connectivity index (χ3n) is 4.31. The molecule has 4 aliphatic carbocycles. The van der Waals surface area contributed by atoms with Gasteiger partial charge in [-0.2, -0.15) is 0 Å². The summed E-state index contributed by atoms with van der Waals surface area (Å²) in [5, 5.41) is 10.2. The lowest BCUT2D eigenvalue weighted by molar-refractivity contribution is -0.132. The summed E-state index contributed by atoms with van der Waals surface area (Å²) in [5.74, 6) is 2.08. The van der Waals surface area contributed by atoms with E-state index in [4.69, 9.17) is 5.73 Å². The standard InChI is InChI=1S/C10H17NO.ClH/c11-9-7-1-6-2-8(9)5-10(12,3-6)4-7;/h6-9,12H,1-5,11H2;1H. The van der Waals surface area contributed by atoms with Crippen LogP contribution < -0.4 is 5.73 Å². The zero-order valence-corrected chi connectivity index (χ0v) is 8.59. The van der Waals surface area contributed by atoms with Crippen molar-refractivity contribution >= 4 is 12.4 Å². The Balaban J connectivity index is 0.000000653. The van der Waals surface area contributed by atoms with Crippen molar-refractivity contribution in [3.63, 3.8) is 0 Å². The van der Waals surface area contributed by atoms with Crippen molar-refractivity contribution in [3.8, 4) is 0 Å². The van der Waals surface area contributed by atoms with E-state index < -0.39 is 0 Å². The van der Waals surface area contributed by atoms with Crippen LogP contribution in [0.4, 0.5) is 0 Å². The van der Waals surface area contributed by atoms with E-state index >= 15 is 0 Å². The highest BCUT2D eigenvalue weighted by Gasteiger charge is 2.53. The third kappa shape index (κ3) is 1.31. The van der Waals surface area contributed by atoms with E-state index in [-0.39, 0.29) is 18.0 Å². The van der Waals surface area contributed by atoms with E-state index in [0.717, 1.165) is 25.2 Å². The summed E-state index contributed by atoms with van der Waals surface area (Å²) in [6, 6.07) is 0.404. The minimum absolute atomic E-state index is 0. The number of aliphatic hydroxyl groups is 1. The van der Waals surface area contributed by atoms with Crippen LogP contribution in [0.5, 0.6) is 0 Å². The first kappa shape index (κ1) is 9.75. The van der Waals surface area contributed by atoms with Gasteiger partial charge in [0, 0.05) is 6.04 Å². The van der Waals surface area contributed by atoms with E-state index in [1.54, 1.807) is 0 Å². The van der Waals surface area contributed by atoms with Crippen LogP contribution in [0.15, 0.2) is 0 Å². The predicted octanol–water partition coefficient (Wildman–Crippen LogP) is 1.31. The number of halogens is 1. The van der Waals surface area contributed by atoms with Crippen LogP contribution in [0.3, 0.4) is 0 Å². The van der Waals surface area contributed by atoms with Crippen molar-refractivity contribution < 1.29 is 5.11 Å². The largest absolute Gasteiger partial charge is 0.390 e. The van der Waals surface area contributed by atoms with Crippen LogP contribution in [0.2, 0.25) is 0 Å². The summed E-state index contributed by atoms with van der Waals surface area (Å²) in [7, 11) is 0. The monoisotopic (exact) mass is 203 g/mol. The molecule has 0 aromatic heterocycles. The fourth-order valence-corrected chi connectivity index (χ4v) is 4.02. The van der Waals surface area contributed by atoms with Gasteiger partial charge in [-0.25, -0.2) is 0 Å². The van der Waals surface area contributed by atoms with Crippen LogP contribution in [0, 0.1) is 17.8 Å². The summed E-state index contributed by atoms with van der Waals surface area (Å²) < 4.78 is 0. The lowest BCUT2D eigenvalue weighted by atomic mass is 9.52. The zero-order valence-electron chi connectivity index (χ0n) is 7.78. The van der Waals surface area contributed by atoms with Gasteiger partial charge in [0.2, 0.25) is 0 Å². The normalized spacial score (nSPS) is 57.7. The third-order valence-corrected chi connectivity index (χ3v) is 4.31. The van der Waals surface area contributed by atoms with Gasteiger partial charge >= 0.3 is 0 Å². The van der Waals surface area contributed by atoms with Gasteiger partial charge in [0.1, 0.15) is 0 Å². The Hall–Kier alpha value is 0.210. The summed E-state index contributed by atoms with van der Waals surface area (Å²) in [6.07, 6.45) is 5.62. The average Bonchev–Trinajstić information content (AvgIpc) is 1.96. The Morgan fingerprint density at radius 2 is 1.62 bits per heavy atom. The van der Waals surface area contributed by atoms with Crippen molar-refractivity contribution in [1.82, 2.24) is 0 Å². The van der Waals surface area contributed by atoms with Crippen LogP contribution >= 0.6 is 12.4 Å². The summed E-state index contributed by atoms with van der Waals surface area (Å²) >= 11 is 0. The van der Waals surface area contributed by atoms with E-state index in [2.05, 4.69) is 0 Å². The maximum Gasteiger partial charge on any atom is 0.0657 e. The molecule has 0 spiro atoms. The Kier molecular flexibility index (Phi) is 2.14. The molecule has 2 nitrogen and oxygen atoms in total. The maximum atomic E-state index is 10.2. The quantitative estimate of drug-likeness (QED) is 0.624. The Labute approximate surface area is 85.3 Å². The molecule has 0 saturated heterocycles. The minimum Gasteiger partial charge on any atom is -0.390 e. The molecule has 0 heterocycles. The fourth-order valence-electron chi connectivity index (χ4n) is 4.02. The Morgan fingerprint density at radius 3 is 2.08 bits per heavy atom. The van der Waals surface area contributed by atoms with Crippen LogP contribution in [0.1, 0.15) is 32.1 Å². The van der Waals surface area contributed by atoms with Gasteiger partial charge in [-0.05, 0) is 49.9 Å². The highest BCUT2D eigenvalue weighted by atomic mass is 35.5. The van der Waals surface area contributed by atoms with Crippen LogP contribution in [-0.2, 0) is 0 Å². The number of nitrogens with two attached hydrogens (primary N) is 1. The predicted molar refractivity (Wildman–Crippen MR) is 53.7 cm³/mol. The molecule has 2 unspecified atom stereocenters. The molecule has 3 N–H and O–H groups in total. The molecule has 2 atom stereocenters. The zero-order chi connectivity index (χ0) is 8.34. The summed E-state index contributed by atoms with van der Waals surface area (Å²) in [6.45, 7) is 0. The Morgan fingerprint density at radius 1 is 1.08 bits per heavy atom. The van der Waals surface area contributed by atoms with Crippen molar-refractivity contribution in [2.45, 2.75) is 43.7 Å². The first-order valence-electron chi connectivity index (χ1n) is 5.14. The van der Waals surface area contributed by atoms with E-state index in [1.165, 1.54) is 12.8 Å². The average molecular weight is 204 g/mol. The van der Waals surface area contributed by atoms with Gasteiger partial charge in [-0.15, -0.1) is 12.4 Å². The van der Waals surface area contributed by atoms with Crippen molar-refractivity contribution in [3.05, 3.63) is 0 Å². The molecule has 4 fully saturated rings. The smallest absolute Gasteiger partial charge is 0.0657 e. The second-order valence-corrected chi connectivity index (χ2v) is 5.27. The molecule has 4 rings (SSSR count). The van der Waals surface area contributed by atoms with E-state index in [0.29, 0.717) is 17.9 Å². The van der Waals surface area contributed by atoms with E-state index in [9.17, 15) is 5.11 Å². The first-order chi connectivity index (χ1) is 5.66. The second-order valence-electron chi connectivity index (χ2n) is 5.27. The first-order valence-corrected chi connectivity index (χ1v) is 5.14. The van der Waals surface area contributed by atoms with Gasteiger partial charge in [0.25, 0.3) is 0 Å². The SMILES string of the molecule is Cl.NC1C2CC3CC1CC(O)(C3)C2. The lowest BCUT2D eigenvalue weighted by Crippen LogP contribution is -2.59. The molecular formula is C10H18ClNO. The molecule has 0 aromatic rings. The van der Waals surface area contributed by atoms with Crippen molar-refractivity contribution in [2.24, 2.45) is 23.5 Å². The molecule has 13 heavy (non-hydrogen) atoms. The van der Waals surface area contributed by atoms with Crippen LogP contribution in [0.25, 0.3) is 0 Å². The molecule has 3 heteroatoms. The maximum absolute atomic E-state index is 10.2. The fraction of sp³-hybridized carbons (Fsp3) is 1.00. The second kappa shape index (κ2) is 2.85. The molecule has 0 radical (unpaired) electrons. The molecular weight excluding hydrogens is 186 g/mol. The molecule has 0 aromatic carbocycles. The molecule has 76 valence electrons. The van der Waals surface area contributed by atoms with Gasteiger partial charge in [0.05, 0.1) is 5.60 Å². The lowest BCUT2D eigenvalue weighted by Gasteiger charge is -2.57. The van der Waals surface area contributed by atoms with Gasteiger partial charge in [-0.3, -0.25) is 0 Å². The number of rotatable bonds is 0. The van der Waals surface area contributed by atoms with Gasteiger partial charge in [0.15, 0.2) is 0 Å². The molecule has 0 aliphatic heterocycles. The highest BCUT2D eigenvalue weighted by molar-refractivity contribution is 5.85. The summed E-state index contributed by atoms with van der Waals surface area (Å²) in [5.41, 5.74) is 5.82. The molecule has 4 saturated carbocycles. The van der Waals surface area contributed by atoms with Crippen molar-refractivity contribution in [1.29, 1.82) is 0 Å². The topological polar surface area (TPSA) is 46.2 Å². The number of hydrogen-bond donors (Lipinski definition) is 2. The van der Waals surface area contributed by atoms with Crippen molar-refractivity contribution in [2.75, 3.05) is 0 Å². The Bertz CT molecular complexity index is 205. The highest BCUT2D eigenvalue weighted by Crippen LogP contribution is 2.54. The van der Waals surface area contributed by atoms with E-state index in [1.807, 2.05) is 0 Å². The minimum atomic E-state index is -0.299. The molecule has 4 aliphatic rings. The van der Waals surface area contributed by atoms with Gasteiger partial charge in [-0.1, -0.05) is 0 Å². The van der Waals surface area contributed by atoms with Gasteiger partial charge < -0.3 is 10.8 Å². The molecule has 4 bridgehead atoms.